The number of rotatable bonds is 55. The summed E-state index contributed by atoms with van der Waals surface area (Å²) in [6.45, 7) is 3.87. The largest absolute Gasteiger partial charge is 0.462 e. The molecule has 1 atom stereocenters. The molecule has 0 radical (unpaired) electrons. The topological polar surface area (TPSA) is 72.8 Å². The molecular weight excluding hydrogens is 981 g/mol. The molecule has 0 aliphatic heterocycles. The van der Waals surface area contributed by atoms with E-state index in [9.17, 15) is 14.7 Å². The predicted molar refractivity (Wildman–Crippen MR) is 352 cm³/mol. The van der Waals surface area contributed by atoms with Gasteiger partial charge in [0.2, 0.25) is 0 Å². The van der Waals surface area contributed by atoms with Crippen molar-refractivity contribution < 1.29 is 24.2 Å². The van der Waals surface area contributed by atoms with E-state index >= 15 is 0 Å². The Labute approximate surface area is 491 Å². The molecule has 0 fully saturated rings. The first kappa shape index (κ1) is 74.5. The third kappa shape index (κ3) is 65.0. The van der Waals surface area contributed by atoms with Crippen LogP contribution in [0.3, 0.4) is 0 Å². The third-order valence-corrected chi connectivity index (χ3v) is 12.6. The molecule has 5 nitrogen and oxygen atoms in total. The van der Waals surface area contributed by atoms with Crippen LogP contribution in [0.5, 0.6) is 0 Å². The van der Waals surface area contributed by atoms with Gasteiger partial charge in [0, 0.05) is 12.8 Å². The Hall–Kier alpha value is -5.52. The maximum Gasteiger partial charge on any atom is 0.306 e. The average molecular weight is 1100 g/mol. The quantitative estimate of drug-likeness (QED) is 0.0373. The van der Waals surface area contributed by atoms with E-state index in [1.807, 2.05) is 0 Å². The lowest BCUT2D eigenvalue weighted by molar-refractivity contribution is -0.161. The number of carbonyl (C=O) groups is 2. The predicted octanol–water partition coefficient (Wildman–Crippen LogP) is 22.2. The summed E-state index contributed by atoms with van der Waals surface area (Å²) in [5.41, 5.74) is 0. The molecular formula is C75H114O5. The summed E-state index contributed by atoms with van der Waals surface area (Å²) in [4.78, 5) is 24.6. The van der Waals surface area contributed by atoms with E-state index in [1.165, 1.54) is 44.9 Å². The number of hydrogen-bond acceptors (Lipinski definition) is 5. The molecule has 0 rings (SSSR count). The van der Waals surface area contributed by atoms with Crippen LogP contribution < -0.4 is 0 Å². The van der Waals surface area contributed by atoms with Crippen molar-refractivity contribution in [2.75, 3.05) is 13.2 Å². The van der Waals surface area contributed by atoms with E-state index in [1.54, 1.807) is 0 Å². The van der Waals surface area contributed by atoms with E-state index in [4.69, 9.17) is 9.47 Å². The molecule has 0 saturated heterocycles. The molecule has 0 aromatic rings. The first-order chi connectivity index (χ1) is 39.6. The minimum absolute atomic E-state index is 0.0987. The molecule has 0 bridgehead atoms. The molecule has 444 valence electrons. The van der Waals surface area contributed by atoms with Gasteiger partial charge in [-0.15, -0.1) is 0 Å². The maximum absolute atomic E-state index is 12.3. The van der Waals surface area contributed by atoms with Gasteiger partial charge in [0.15, 0.2) is 6.10 Å². The Kier molecular flexibility index (Phi) is 63.1. The smallest absolute Gasteiger partial charge is 0.306 e. The molecule has 0 aromatic carbocycles. The molecule has 0 aliphatic carbocycles. The molecule has 0 aliphatic rings. The molecule has 80 heavy (non-hydrogen) atoms. The number of carbonyl (C=O) groups excluding carboxylic acids is 2. The second-order valence-corrected chi connectivity index (χ2v) is 20.0. The summed E-state index contributed by atoms with van der Waals surface area (Å²) < 4.78 is 10.7. The van der Waals surface area contributed by atoms with Gasteiger partial charge in [0.05, 0.1) is 6.61 Å². The lowest BCUT2D eigenvalue weighted by atomic mass is 10.0. The van der Waals surface area contributed by atoms with Gasteiger partial charge in [-0.2, -0.15) is 0 Å². The van der Waals surface area contributed by atoms with Gasteiger partial charge in [-0.3, -0.25) is 9.59 Å². The Morgan fingerprint density at radius 1 is 0.287 bits per heavy atom. The van der Waals surface area contributed by atoms with E-state index in [0.29, 0.717) is 12.8 Å². The normalized spacial score (nSPS) is 13.7. The number of allylic oxidation sites excluding steroid dienone is 34. The zero-order chi connectivity index (χ0) is 57.6. The van der Waals surface area contributed by atoms with Crippen LogP contribution in [0, 0.1) is 0 Å². The van der Waals surface area contributed by atoms with Crippen LogP contribution in [-0.2, 0) is 19.1 Å². The van der Waals surface area contributed by atoms with Crippen LogP contribution in [0.1, 0.15) is 232 Å². The Bertz CT molecular complexity index is 1910. The van der Waals surface area contributed by atoms with Gasteiger partial charge in [0.1, 0.15) is 6.61 Å². The van der Waals surface area contributed by atoms with Crippen LogP contribution in [0.15, 0.2) is 207 Å². The summed E-state index contributed by atoms with van der Waals surface area (Å²) in [6, 6.07) is 0. The first-order valence-corrected chi connectivity index (χ1v) is 31.6. The Balaban J connectivity index is 3.65. The Morgan fingerprint density at radius 3 is 0.762 bits per heavy atom. The van der Waals surface area contributed by atoms with Gasteiger partial charge < -0.3 is 14.6 Å². The van der Waals surface area contributed by atoms with E-state index in [-0.39, 0.29) is 25.2 Å². The maximum atomic E-state index is 12.3. The monoisotopic (exact) mass is 1090 g/mol. The van der Waals surface area contributed by atoms with Crippen molar-refractivity contribution in [1.82, 2.24) is 0 Å². The number of unbranched alkanes of at least 4 members (excludes halogenated alkanes) is 13. The van der Waals surface area contributed by atoms with Crippen LogP contribution >= 0.6 is 0 Å². The van der Waals surface area contributed by atoms with Gasteiger partial charge in [-0.1, -0.05) is 278 Å². The van der Waals surface area contributed by atoms with Gasteiger partial charge in [0.25, 0.3) is 0 Å². The molecule has 0 saturated carbocycles. The van der Waals surface area contributed by atoms with Crippen molar-refractivity contribution in [3.8, 4) is 0 Å². The fourth-order valence-electron chi connectivity index (χ4n) is 7.92. The van der Waals surface area contributed by atoms with Gasteiger partial charge in [-0.05, 0) is 148 Å². The number of aliphatic hydroxyl groups is 1. The van der Waals surface area contributed by atoms with Crippen LogP contribution in [-0.4, -0.2) is 36.4 Å². The molecule has 1 unspecified atom stereocenters. The fraction of sp³-hybridized carbons (Fsp3) is 0.520. The van der Waals surface area contributed by atoms with E-state index in [2.05, 4.69) is 220 Å². The van der Waals surface area contributed by atoms with Crippen molar-refractivity contribution in [2.24, 2.45) is 0 Å². The average Bonchev–Trinajstić information content (AvgIpc) is 3.46. The van der Waals surface area contributed by atoms with Crippen LogP contribution in [0.2, 0.25) is 0 Å². The highest BCUT2D eigenvalue weighted by Gasteiger charge is 2.16. The zero-order valence-corrected chi connectivity index (χ0v) is 50.7. The fourth-order valence-corrected chi connectivity index (χ4v) is 7.92. The molecule has 1 N–H and O–H groups in total. The molecule has 0 heterocycles. The first-order valence-electron chi connectivity index (χ1n) is 31.6. The minimum atomic E-state index is -0.806. The summed E-state index contributed by atoms with van der Waals surface area (Å²) in [5, 5.41) is 9.67. The number of aliphatic hydroxyl groups excluding tert-OH is 1. The molecule has 0 aromatic heterocycles. The number of hydrogen-bond donors (Lipinski definition) is 1. The van der Waals surface area contributed by atoms with Gasteiger partial charge in [-0.25, -0.2) is 0 Å². The van der Waals surface area contributed by atoms with Crippen molar-refractivity contribution >= 4 is 11.9 Å². The summed E-state index contributed by atoms with van der Waals surface area (Å²) >= 11 is 0. The minimum Gasteiger partial charge on any atom is -0.462 e. The Morgan fingerprint density at radius 2 is 0.500 bits per heavy atom. The van der Waals surface area contributed by atoms with Crippen molar-refractivity contribution in [1.29, 1.82) is 0 Å². The highest BCUT2D eigenvalue weighted by Crippen LogP contribution is 2.14. The second kappa shape index (κ2) is 67.8. The second-order valence-electron chi connectivity index (χ2n) is 20.0. The van der Waals surface area contributed by atoms with Crippen molar-refractivity contribution in [3.63, 3.8) is 0 Å². The van der Waals surface area contributed by atoms with Crippen LogP contribution in [0.25, 0.3) is 0 Å². The molecule has 5 heteroatoms. The van der Waals surface area contributed by atoms with Crippen molar-refractivity contribution in [3.05, 3.63) is 207 Å². The van der Waals surface area contributed by atoms with E-state index in [0.717, 1.165) is 161 Å². The summed E-state index contributed by atoms with van der Waals surface area (Å²) in [6.07, 6.45) is 110. The SMILES string of the molecule is CC/C=C\C/C=C\C/C=C\C/C=C\C/C=C\C/C=C\C/C=C\C/C=C\C/C=C\C/C=C\CCCCCCCCCCCCC(=O)OC(CO)COC(=O)CCCCC/C=C\C/C=C\C/C=C\C/C=C\C/C=C\C/C=C\C/C=C\CC. The van der Waals surface area contributed by atoms with Crippen LogP contribution in [0.4, 0.5) is 0 Å². The standard InChI is InChI=1S/C75H114O5/c1-3-5-7-9-11-13-15-17-19-21-23-25-27-29-30-31-32-33-34-35-36-37-38-39-40-41-42-43-44-46-48-50-52-54-56-58-60-62-64-66-68-70-75(78)80-73(71-76)72-79-74(77)69-67-65-63-61-59-57-55-53-51-49-47-45-28-26-24-22-20-18-16-14-12-10-8-6-4-2/h5-8,11-14,17-20,23-26,29-30,32-33,35-36,38-39,41-42,44-47,51,53,57,59,73,76H,3-4,9-10,15-16,21-22,27-28,31,34,37,40,43,48-50,52,54-56,58,60-72H2,1-2H3/b7-5-,8-6-,13-11-,14-12-,19-17-,20-18-,25-23-,26-24-,30-29-,33-32-,36-35-,39-38-,42-41-,46-44-,47-45-,53-51-,59-57-. The summed E-state index contributed by atoms with van der Waals surface area (Å²) in [5.74, 6) is -0.649. The number of esters is 2. The van der Waals surface area contributed by atoms with E-state index < -0.39 is 6.10 Å². The molecule has 0 amide bonds. The lowest BCUT2D eigenvalue weighted by Gasteiger charge is -2.15. The highest BCUT2D eigenvalue weighted by atomic mass is 16.6. The number of ether oxygens (including phenoxy) is 2. The molecule has 0 spiro atoms. The summed E-state index contributed by atoms with van der Waals surface area (Å²) in [7, 11) is 0. The van der Waals surface area contributed by atoms with Crippen molar-refractivity contribution in [2.45, 2.75) is 238 Å². The van der Waals surface area contributed by atoms with Gasteiger partial charge >= 0.3 is 11.9 Å². The zero-order valence-electron chi connectivity index (χ0n) is 50.7. The highest BCUT2D eigenvalue weighted by molar-refractivity contribution is 5.70. The lowest BCUT2D eigenvalue weighted by Crippen LogP contribution is -2.28. The third-order valence-electron chi connectivity index (χ3n) is 12.6.